The summed E-state index contributed by atoms with van der Waals surface area (Å²) >= 11 is 0. The highest BCUT2D eigenvalue weighted by atomic mass is 28.5. The van der Waals surface area contributed by atoms with Crippen LogP contribution in [0.4, 0.5) is 0 Å². The largest absolute Gasteiger partial charge is 0.436 e. The highest BCUT2D eigenvalue weighted by Gasteiger charge is 2.44. The molecule has 110 valence electrons. The van der Waals surface area contributed by atoms with Crippen molar-refractivity contribution >= 4 is 25.4 Å². The van der Waals surface area contributed by atoms with E-state index in [1.165, 1.54) is 0 Å². The van der Waals surface area contributed by atoms with E-state index in [0.717, 1.165) is 12.1 Å². The van der Waals surface area contributed by atoms with Crippen LogP contribution in [0, 0.1) is 0 Å². The van der Waals surface area contributed by atoms with Gasteiger partial charge in [-0.2, -0.15) is 0 Å². The molecule has 0 aromatic carbocycles. The first-order valence-electron chi connectivity index (χ1n) is 7.03. The molecule has 0 aliphatic heterocycles. The van der Waals surface area contributed by atoms with Crippen LogP contribution in [0.5, 0.6) is 0 Å². The Hall–Kier alpha value is 0.531. The van der Waals surface area contributed by atoms with E-state index in [4.69, 9.17) is 12.7 Å². The van der Waals surface area contributed by atoms with Crippen LogP contribution >= 0.6 is 0 Å². The Morgan fingerprint density at radius 2 is 1.28 bits per heavy atom. The Kier molecular flexibility index (Phi) is 7.01. The fourth-order valence-corrected chi connectivity index (χ4v) is 14.9. The summed E-state index contributed by atoms with van der Waals surface area (Å²) < 4.78 is 18.9. The number of hydrogen-bond donors (Lipinski definition) is 0. The predicted molar refractivity (Wildman–Crippen MR) is 85.9 cm³/mol. The molecular formula is C12H32O3Si3. The molecule has 0 aromatic heterocycles. The minimum absolute atomic E-state index is 0.221. The predicted octanol–water partition coefficient (Wildman–Crippen LogP) is 4.46. The van der Waals surface area contributed by atoms with Gasteiger partial charge in [0.05, 0.1) is 0 Å². The maximum atomic E-state index is 6.48. The molecule has 18 heavy (non-hydrogen) atoms. The van der Waals surface area contributed by atoms with Gasteiger partial charge in [-0.15, -0.1) is 0 Å². The molecule has 0 unspecified atom stereocenters. The molecule has 0 amide bonds. The topological polar surface area (TPSA) is 27.7 Å². The lowest BCUT2D eigenvalue weighted by Gasteiger charge is -2.40. The second-order valence-electron chi connectivity index (χ2n) is 6.50. The van der Waals surface area contributed by atoms with Crippen LogP contribution in [0.2, 0.25) is 44.8 Å². The molecule has 0 aliphatic carbocycles. The second kappa shape index (κ2) is 6.81. The van der Waals surface area contributed by atoms with Crippen LogP contribution in [0.25, 0.3) is 0 Å². The highest BCUT2D eigenvalue weighted by Crippen LogP contribution is 2.28. The molecule has 0 radical (unpaired) electrons. The van der Waals surface area contributed by atoms with Gasteiger partial charge in [-0.25, -0.2) is 0 Å². The quantitative estimate of drug-likeness (QED) is 0.619. The molecule has 0 saturated heterocycles. The molecule has 3 nitrogen and oxygen atoms in total. The molecule has 0 atom stereocenters. The maximum absolute atomic E-state index is 6.48. The van der Waals surface area contributed by atoms with Crippen molar-refractivity contribution in [2.45, 2.75) is 78.6 Å². The van der Waals surface area contributed by atoms with Crippen LogP contribution in [0.3, 0.4) is 0 Å². The fourth-order valence-electron chi connectivity index (χ4n) is 2.16. The van der Waals surface area contributed by atoms with Gasteiger partial charge in [-0.05, 0) is 58.7 Å². The van der Waals surface area contributed by atoms with Crippen molar-refractivity contribution in [1.82, 2.24) is 0 Å². The average Bonchev–Trinajstić information content (AvgIpc) is 2.11. The monoisotopic (exact) mass is 308 g/mol. The number of hydrogen-bond acceptors (Lipinski definition) is 3. The van der Waals surface area contributed by atoms with Crippen molar-refractivity contribution in [2.75, 3.05) is 0 Å². The van der Waals surface area contributed by atoms with Crippen LogP contribution in [-0.4, -0.2) is 31.5 Å². The molecule has 0 spiro atoms. The molecule has 0 bridgehead atoms. The zero-order chi connectivity index (χ0) is 14.6. The zero-order valence-electron chi connectivity index (χ0n) is 13.7. The first-order valence-corrected chi connectivity index (χ1v) is 15.5. The maximum Gasteiger partial charge on any atom is 0.323 e. The third-order valence-electron chi connectivity index (χ3n) is 2.52. The van der Waals surface area contributed by atoms with Gasteiger partial charge in [0.1, 0.15) is 0 Å². The van der Waals surface area contributed by atoms with Gasteiger partial charge in [0.15, 0.2) is 8.32 Å². The van der Waals surface area contributed by atoms with Gasteiger partial charge in [-0.3, -0.25) is 0 Å². The van der Waals surface area contributed by atoms with Gasteiger partial charge in [0.25, 0.3) is 0 Å². The minimum Gasteiger partial charge on any atom is -0.436 e. The summed E-state index contributed by atoms with van der Waals surface area (Å²) in [5, 5.41) is 0. The van der Waals surface area contributed by atoms with Crippen molar-refractivity contribution in [2.24, 2.45) is 0 Å². The minimum atomic E-state index is -2.08. The van der Waals surface area contributed by atoms with E-state index in [2.05, 4.69) is 60.4 Å². The van der Waals surface area contributed by atoms with E-state index >= 15 is 0 Å². The first-order chi connectivity index (χ1) is 7.95. The van der Waals surface area contributed by atoms with Crippen molar-refractivity contribution in [1.29, 1.82) is 0 Å². The van der Waals surface area contributed by atoms with Crippen molar-refractivity contribution in [3.8, 4) is 0 Å². The molecule has 6 heteroatoms. The van der Waals surface area contributed by atoms with Gasteiger partial charge in [0.2, 0.25) is 0 Å². The normalized spacial score (nSPS) is 14.3. The summed E-state index contributed by atoms with van der Waals surface area (Å²) in [4.78, 5) is 0. The summed E-state index contributed by atoms with van der Waals surface area (Å²) in [6, 6.07) is 2.01. The molecule has 0 aromatic rings. The molecule has 0 heterocycles. The van der Waals surface area contributed by atoms with Crippen LogP contribution in [0.1, 0.15) is 27.7 Å². The Morgan fingerprint density at radius 1 is 0.833 bits per heavy atom. The lowest BCUT2D eigenvalue weighted by molar-refractivity contribution is 0.176. The van der Waals surface area contributed by atoms with Gasteiger partial charge in [-0.1, -0.05) is 13.8 Å². The molecule has 0 fully saturated rings. The molecule has 0 N–H and O–H groups in total. The summed E-state index contributed by atoms with van der Waals surface area (Å²) in [6.07, 6.45) is 0.221. The van der Waals surface area contributed by atoms with Crippen molar-refractivity contribution < 1.29 is 12.7 Å². The Labute approximate surface area is 117 Å². The second-order valence-corrected chi connectivity index (χ2v) is 18.6. The lowest BCUT2D eigenvalue weighted by atomic mass is 10.5. The van der Waals surface area contributed by atoms with Crippen LogP contribution < -0.4 is 0 Å². The zero-order valence-corrected chi connectivity index (χ0v) is 16.7. The third-order valence-corrected chi connectivity index (χ3v) is 13.1. The SMILES string of the molecule is CC[Si](CC)(O[Si](C)(C)C)O[Si](C)(C)OC(C)C. The first kappa shape index (κ1) is 18.5. The molecular weight excluding hydrogens is 276 g/mol. The standard InChI is InChI=1S/C12H32O3Si3/c1-10-18(11-2,14-16(5,6)7)15-17(8,9)13-12(3)4/h12H,10-11H2,1-9H3. The Bertz CT molecular complexity index is 245. The number of rotatable bonds is 8. The molecule has 0 saturated carbocycles. The van der Waals surface area contributed by atoms with E-state index in [-0.39, 0.29) is 6.10 Å². The average molecular weight is 309 g/mol. The van der Waals surface area contributed by atoms with E-state index in [9.17, 15) is 0 Å². The van der Waals surface area contributed by atoms with Crippen molar-refractivity contribution in [3.63, 3.8) is 0 Å². The van der Waals surface area contributed by atoms with Crippen molar-refractivity contribution in [3.05, 3.63) is 0 Å². The summed E-state index contributed by atoms with van der Waals surface area (Å²) in [5.41, 5.74) is 0. The Balaban J connectivity index is 4.90. The van der Waals surface area contributed by atoms with E-state index < -0.39 is 25.4 Å². The smallest absolute Gasteiger partial charge is 0.323 e. The van der Waals surface area contributed by atoms with Gasteiger partial charge in [0, 0.05) is 6.10 Å². The Morgan fingerprint density at radius 3 is 1.56 bits per heavy atom. The van der Waals surface area contributed by atoms with Gasteiger partial charge >= 0.3 is 17.1 Å². The van der Waals surface area contributed by atoms with Crippen LogP contribution in [0.15, 0.2) is 0 Å². The van der Waals surface area contributed by atoms with Gasteiger partial charge < -0.3 is 12.7 Å². The molecule has 0 rings (SSSR count). The summed E-state index contributed by atoms with van der Waals surface area (Å²) in [6.45, 7) is 19.5. The van der Waals surface area contributed by atoms with E-state index in [1.807, 2.05) is 0 Å². The lowest BCUT2D eigenvalue weighted by Crippen LogP contribution is -2.56. The summed E-state index contributed by atoms with van der Waals surface area (Å²) in [5.74, 6) is 0. The summed E-state index contributed by atoms with van der Waals surface area (Å²) in [7, 11) is -5.74. The highest BCUT2D eigenvalue weighted by molar-refractivity contribution is 6.87. The van der Waals surface area contributed by atoms with E-state index in [0.29, 0.717) is 0 Å². The van der Waals surface area contributed by atoms with Crippen LogP contribution in [-0.2, 0) is 12.7 Å². The molecule has 0 aliphatic rings. The fraction of sp³-hybridized carbons (Fsp3) is 1.00. The van der Waals surface area contributed by atoms with E-state index in [1.54, 1.807) is 0 Å². The third kappa shape index (κ3) is 7.20.